The predicted octanol–water partition coefficient (Wildman–Crippen LogP) is 4.20. The van der Waals surface area contributed by atoms with Gasteiger partial charge >= 0.3 is 5.97 Å². The van der Waals surface area contributed by atoms with Crippen LogP contribution in [0.1, 0.15) is 24.9 Å². The Morgan fingerprint density at radius 2 is 1.89 bits per heavy atom. The standard InChI is InChI=1S/C20H20N2O3S2/c1-14(15-7-3-2-4-8-15)21-18(23)13-25-19(24)11-12-26-20-22-16-9-5-6-10-17(16)27-20/h2-10,14H,11-13H2,1H3,(H,21,23)/t14-/m1/s1. The van der Waals surface area contributed by atoms with Gasteiger partial charge in [0, 0.05) is 5.75 Å². The van der Waals surface area contributed by atoms with Crippen molar-refractivity contribution in [1.29, 1.82) is 0 Å². The number of nitrogens with zero attached hydrogens (tertiary/aromatic N) is 1. The zero-order valence-electron chi connectivity index (χ0n) is 14.9. The van der Waals surface area contributed by atoms with E-state index < -0.39 is 0 Å². The summed E-state index contributed by atoms with van der Waals surface area (Å²) in [4.78, 5) is 28.3. The second-order valence-corrected chi connectivity index (χ2v) is 8.28. The summed E-state index contributed by atoms with van der Waals surface area (Å²) in [6.45, 7) is 1.63. The van der Waals surface area contributed by atoms with Gasteiger partial charge in [-0.1, -0.05) is 54.2 Å². The summed E-state index contributed by atoms with van der Waals surface area (Å²) in [6.07, 6.45) is 0.238. The zero-order valence-corrected chi connectivity index (χ0v) is 16.5. The summed E-state index contributed by atoms with van der Waals surface area (Å²) in [5.41, 5.74) is 1.97. The highest BCUT2D eigenvalue weighted by atomic mass is 32.2. The lowest BCUT2D eigenvalue weighted by atomic mass is 10.1. The third-order valence-corrected chi connectivity index (χ3v) is 6.03. The summed E-state index contributed by atoms with van der Waals surface area (Å²) in [6, 6.07) is 17.4. The number of carbonyl (C=O) groups is 2. The SMILES string of the molecule is C[C@@H](NC(=O)COC(=O)CCSc1nc2ccccc2s1)c1ccccc1. The van der Waals surface area contributed by atoms with Gasteiger partial charge in [0.25, 0.3) is 5.91 Å². The third-order valence-electron chi connectivity index (χ3n) is 3.85. The quantitative estimate of drug-likeness (QED) is 0.453. The van der Waals surface area contributed by atoms with Crippen LogP contribution in [0.5, 0.6) is 0 Å². The number of amides is 1. The van der Waals surface area contributed by atoms with Crippen molar-refractivity contribution in [3.8, 4) is 0 Å². The molecule has 0 spiro atoms. The Morgan fingerprint density at radius 1 is 1.15 bits per heavy atom. The first-order chi connectivity index (χ1) is 13.1. The van der Waals surface area contributed by atoms with Crippen molar-refractivity contribution >= 4 is 45.2 Å². The summed E-state index contributed by atoms with van der Waals surface area (Å²) < 4.78 is 7.12. The van der Waals surface area contributed by atoms with Crippen LogP contribution in [0.25, 0.3) is 10.2 Å². The summed E-state index contributed by atoms with van der Waals surface area (Å²) in [5, 5.41) is 2.82. The van der Waals surface area contributed by atoms with Gasteiger partial charge in [0.2, 0.25) is 0 Å². The van der Waals surface area contributed by atoms with Crippen LogP contribution < -0.4 is 5.32 Å². The Morgan fingerprint density at radius 3 is 2.67 bits per heavy atom. The normalized spacial score (nSPS) is 11.9. The minimum absolute atomic E-state index is 0.132. The number of carbonyl (C=O) groups excluding carboxylic acids is 2. The van der Waals surface area contributed by atoms with Crippen LogP contribution >= 0.6 is 23.1 Å². The van der Waals surface area contributed by atoms with Gasteiger partial charge < -0.3 is 10.1 Å². The molecule has 5 nitrogen and oxygen atoms in total. The topological polar surface area (TPSA) is 68.3 Å². The molecule has 0 bridgehead atoms. The summed E-state index contributed by atoms with van der Waals surface area (Å²) in [7, 11) is 0. The molecule has 7 heteroatoms. The average molecular weight is 401 g/mol. The Bertz CT molecular complexity index is 879. The van der Waals surface area contributed by atoms with Gasteiger partial charge in [0.1, 0.15) is 0 Å². The van der Waals surface area contributed by atoms with Gasteiger partial charge in [-0.15, -0.1) is 11.3 Å². The molecule has 1 atom stereocenters. The Labute approximate surface area is 166 Å². The fourth-order valence-electron chi connectivity index (χ4n) is 2.46. The van der Waals surface area contributed by atoms with Gasteiger partial charge in [-0.25, -0.2) is 4.98 Å². The van der Waals surface area contributed by atoms with Crippen molar-refractivity contribution in [3.63, 3.8) is 0 Å². The van der Waals surface area contributed by atoms with E-state index in [9.17, 15) is 9.59 Å². The highest BCUT2D eigenvalue weighted by molar-refractivity contribution is 8.01. The van der Waals surface area contributed by atoms with Gasteiger partial charge in [-0.2, -0.15) is 0 Å². The molecule has 3 aromatic rings. The maximum Gasteiger partial charge on any atom is 0.307 e. The van der Waals surface area contributed by atoms with Crippen LogP contribution in [0.2, 0.25) is 0 Å². The number of hydrogen-bond donors (Lipinski definition) is 1. The van der Waals surface area contributed by atoms with Gasteiger partial charge in [-0.3, -0.25) is 9.59 Å². The molecule has 27 heavy (non-hydrogen) atoms. The number of esters is 1. The molecule has 1 N–H and O–H groups in total. The first-order valence-electron chi connectivity index (χ1n) is 8.60. The molecular weight excluding hydrogens is 380 g/mol. The number of fused-ring (bicyclic) bond motifs is 1. The third kappa shape index (κ3) is 5.80. The molecule has 140 valence electrons. The van der Waals surface area contributed by atoms with Gasteiger partial charge in [0.05, 0.1) is 22.7 Å². The molecule has 0 aliphatic rings. The van der Waals surface area contributed by atoms with E-state index in [0.29, 0.717) is 5.75 Å². The number of hydrogen-bond acceptors (Lipinski definition) is 6. The van der Waals surface area contributed by atoms with Crippen LogP contribution in [0.3, 0.4) is 0 Å². The second kappa shape index (κ2) is 9.53. The van der Waals surface area contributed by atoms with E-state index in [1.54, 1.807) is 11.3 Å². The van der Waals surface area contributed by atoms with E-state index >= 15 is 0 Å². The summed E-state index contributed by atoms with van der Waals surface area (Å²) >= 11 is 3.13. The zero-order chi connectivity index (χ0) is 19.1. The van der Waals surface area contributed by atoms with Crippen LogP contribution in [0.4, 0.5) is 0 Å². The van der Waals surface area contributed by atoms with Crippen LogP contribution in [-0.2, 0) is 14.3 Å². The van der Waals surface area contributed by atoms with Crippen LogP contribution in [0, 0.1) is 0 Å². The fraction of sp³-hybridized carbons (Fsp3) is 0.250. The minimum Gasteiger partial charge on any atom is -0.456 e. The predicted molar refractivity (Wildman–Crippen MR) is 109 cm³/mol. The maximum atomic E-state index is 11.9. The minimum atomic E-state index is -0.383. The van der Waals surface area contributed by atoms with Gasteiger partial charge in [0.15, 0.2) is 10.9 Å². The molecule has 0 unspecified atom stereocenters. The van der Waals surface area contributed by atoms with Crippen molar-refractivity contribution < 1.29 is 14.3 Å². The molecule has 0 fully saturated rings. The fourth-order valence-corrected chi connectivity index (χ4v) is 4.52. The number of ether oxygens (including phenoxy) is 1. The molecular formula is C20H20N2O3S2. The molecule has 0 aliphatic heterocycles. The monoisotopic (exact) mass is 400 g/mol. The largest absolute Gasteiger partial charge is 0.456 e. The lowest BCUT2D eigenvalue weighted by molar-refractivity contribution is -0.148. The van der Waals surface area contributed by atoms with E-state index in [0.717, 1.165) is 20.1 Å². The summed E-state index contributed by atoms with van der Waals surface area (Å²) in [5.74, 6) is -0.120. The highest BCUT2D eigenvalue weighted by Gasteiger charge is 2.12. The lowest BCUT2D eigenvalue weighted by Gasteiger charge is -2.14. The molecule has 0 saturated heterocycles. The molecule has 0 aliphatic carbocycles. The van der Waals surface area contributed by atoms with Crippen molar-refractivity contribution in [3.05, 3.63) is 60.2 Å². The van der Waals surface area contributed by atoms with Gasteiger partial charge in [-0.05, 0) is 24.6 Å². The molecule has 1 aromatic heterocycles. The Balaban J connectivity index is 1.36. The van der Waals surface area contributed by atoms with E-state index in [4.69, 9.17) is 4.74 Å². The van der Waals surface area contributed by atoms with Crippen molar-refractivity contribution in [1.82, 2.24) is 10.3 Å². The molecule has 2 aromatic carbocycles. The van der Waals surface area contributed by atoms with E-state index in [1.807, 2.05) is 61.5 Å². The molecule has 1 amide bonds. The van der Waals surface area contributed by atoms with Crippen LogP contribution in [-0.4, -0.2) is 29.2 Å². The van der Waals surface area contributed by atoms with E-state index in [-0.39, 0.29) is 30.9 Å². The van der Waals surface area contributed by atoms with Crippen LogP contribution in [0.15, 0.2) is 58.9 Å². The number of aromatic nitrogens is 1. The second-order valence-electron chi connectivity index (χ2n) is 5.91. The highest BCUT2D eigenvalue weighted by Crippen LogP contribution is 2.29. The number of rotatable bonds is 8. The van der Waals surface area contributed by atoms with E-state index in [2.05, 4.69) is 10.3 Å². The molecule has 1 heterocycles. The average Bonchev–Trinajstić information content (AvgIpc) is 3.10. The number of nitrogens with one attached hydrogen (secondary N) is 1. The molecule has 3 rings (SSSR count). The number of benzene rings is 2. The van der Waals surface area contributed by atoms with Crippen molar-refractivity contribution in [2.45, 2.75) is 23.7 Å². The molecule has 0 saturated carbocycles. The number of thiazole rings is 1. The lowest BCUT2D eigenvalue weighted by Crippen LogP contribution is -2.31. The van der Waals surface area contributed by atoms with Crippen molar-refractivity contribution in [2.75, 3.05) is 12.4 Å². The van der Waals surface area contributed by atoms with Crippen molar-refractivity contribution in [2.24, 2.45) is 0 Å². The van der Waals surface area contributed by atoms with E-state index in [1.165, 1.54) is 11.8 Å². The smallest absolute Gasteiger partial charge is 0.307 e. The first kappa shape index (κ1) is 19.4. The maximum absolute atomic E-state index is 11.9. The number of thioether (sulfide) groups is 1. The molecule has 0 radical (unpaired) electrons. The number of para-hydroxylation sites is 1. The first-order valence-corrected chi connectivity index (χ1v) is 10.4. The Hall–Kier alpha value is -2.38. The Kier molecular flexibility index (Phi) is 6.84.